The van der Waals surface area contributed by atoms with Crippen LogP contribution in [0.25, 0.3) is 0 Å². The van der Waals surface area contributed by atoms with E-state index in [9.17, 15) is 18.0 Å². The molecule has 11 heteroatoms. The smallest absolute Gasteiger partial charge is 0.356 e. The van der Waals surface area contributed by atoms with E-state index in [4.69, 9.17) is 0 Å². The number of piperazine rings is 1. The van der Waals surface area contributed by atoms with Gasteiger partial charge in [-0.25, -0.2) is 14.8 Å². The van der Waals surface area contributed by atoms with Gasteiger partial charge in [0.05, 0.1) is 0 Å². The van der Waals surface area contributed by atoms with Crippen LogP contribution >= 0.6 is 11.8 Å². The standard InChI is InChI=1S/C21H25F3N6OS/c22-21(23,24)32-17-6-4-16(5-7-17)27-20(31)30-12-10-29(11-13-30)19-14-18(25-15-26-19)28-8-2-1-3-9-28/h4-7,14-15H,1-3,8-13H2,(H,27,31). The van der Waals surface area contributed by atoms with E-state index >= 15 is 0 Å². The first-order valence-electron chi connectivity index (χ1n) is 10.6. The van der Waals surface area contributed by atoms with Crippen LogP contribution in [0.1, 0.15) is 19.3 Å². The fourth-order valence-corrected chi connectivity index (χ4v) is 4.43. The number of benzene rings is 1. The monoisotopic (exact) mass is 466 g/mol. The van der Waals surface area contributed by atoms with Crippen molar-refractivity contribution in [1.29, 1.82) is 0 Å². The minimum absolute atomic E-state index is 0.0814. The maximum Gasteiger partial charge on any atom is 0.446 e. The lowest BCUT2D eigenvalue weighted by Crippen LogP contribution is -2.50. The van der Waals surface area contributed by atoms with Gasteiger partial charge in [-0.1, -0.05) is 0 Å². The lowest BCUT2D eigenvalue weighted by Gasteiger charge is -2.36. The van der Waals surface area contributed by atoms with E-state index in [2.05, 4.69) is 25.1 Å². The van der Waals surface area contributed by atoms with Gasteiger partial charge in [0.1, 0.15) is 18.0 Å². The van der Waals surface area contributed by atoms with E-state index in [-0.39, 0.29) is 22.7 Å². The molecule has 3 heterocycles. The number of hydrogen-bond acceptors (Lipinski definition) is 6. The highest BCUT2D eigenvalue weighted by atomic mass is 32.2. The molecule has 2 amide bonds. The maximum atomic E-state index is 12.6. The lowest BCUT2D eigenvalue weighted by atomic mass is 10.1. The molecule has 1 N–H and O–H groups in total. The third-order valence-electron chi connectivity index (χ3n) is 5.55. The maximum absolute atomic E-state index is 12.6. The van der Waals surface area contributed by atoms with E-state index < -0.39 is 5.51 Å². The first-order valence-corrected chi connectivity index (χ1v) is 11.4. The number of urea groups is 1. The molecule has 0 atom stereocenters. The second-order valence-corrected chi connectivity index (χ2v) is 8.90. The number of rotatable bonds is 4. The number of carbonyl (C=O) groups excluding carboxylic acids is 1. The van der Waals surface area contributed by atoms with Gasteiger partial charge in [0.2, 0.25) is 0 Å². The van der Waals surface area contributed by atoms with Crippen molar-refractivity contribution in [3.05, 3.63) is 36.7 Å². The van der Waals surface area contributed by atoms with Crippen molar-refractivity contribution in [2.75, 3.05) is 54.4 Å². The van der Waals surface area contributed by atoms with E-state index in [1.54, 1.807) is 11.2 Å². The Hall–Kier alpha value is -2.69. The Labute approximate surface area is 189 Å². The highest BCUT2D eigenvalue weighted by molar-refractivity contribution is 8.00. The van der Waals surface area contributed by atoms with Gasteiger partial charge in [0, 0.05) is 55.9 Å². The average Bonchev–Trinajstić information content (AvgIpc) is 2.80. The molecular formula is C21H25F3N6OS. The number of carbonyl (C=O) groups is 1. The van der Waals surface area contributed by atoms with Crippen LogP contribution in [0.15, 0.2) is 41.6 Å². The molecule has 0 saturated carbocycles. The first-order chi connectivity index (χ1) is 15.4. The highest BCUT2D eigenvalue weighted by Gasteiger charge is 2.29. The van der Waals surface area contributed by atoms with E-state index in [0.717, 1.165) is 24.7 Å². The van der Waals surface area contributed by atoms with Gasteiger partial charge >= 0.3 is 11.5 Å². The summed E-state index contributed by atoms with van der Waals surface area (Å²) in [5, 5.41) is 2.75. The van der Waals surface area contributed by atoms with Gasteiger partial charge in [0.25, 0.3) is 0 Å². The van der Waals surface area contributed by atoms with Crippen molar-refractivity contribution in [2.24, 2.45) is 0 Å². The number of anilines is 3. The molecule has 2 saturated heterocycles. The number of hydrogen-bond donors (Lipinski definition) is 1. The Bertz CT molecular complexity index is 912. The molecule has 2 fully saturated rings. The number of nitrogens with zero attached hydrogens (tertiary/aromatic N) is 5. The third kappa shape index (κ3) is 5.96. The zero-order chi connectivity index (χ0) is 22.6. The first kappa shape index (κ1) is 22.5. The van der Waals surface area contributed by atoms with Crippen LogP contribution in [0.2, 0.25) is 0 Å². The molecule has 0 aliphatic carbocycles. The second-order valence-electron chi connectivity index (χ2n) is 7.76. The van der Waals surface area contributed by atoms with E-state index in [1.807, 2.05) is 6.07 Å². The zero-order valence-corrected chi connectivity index (χ0v) is 18.3. The number of piperidine rings is 1. The fourth-order valence-electron chi connectivity index (χ4n) is 3.89. The molecule has 1 aromatic heterocycles. The predicted octanol–water partition coefficient (Wildman–Crippen LogP) is 4.43. The van der Waals surface area contributed by atoms with Crippen LogP contribution in [0.4, 0.5) is 35.3 Å². The summed E-state index contributed by atoms with van der Waals surface area (Å²) in [5.74, 6) is 1.81. The molecular weight excluding hydrogens is 441 g/mol. The number of halogens is 3. The lowest BCUT2D eigenvalue weighted by molar-refractivity contribution is -0.0328. The van der Waals surface area contributed by atoms with Gasteiger partial charge in [0.15, 0.2) is 0 Å². The van der Waals surface area contributed by atoms with Gasteiger partial charge in [-0.05, 0) is 55.3 Å². The van der Waals surface area contributed by atoms with Gasteiger partial charge < -0.3 is 20.0 Å². The number of thioether (sulfide) groups is 1. The minimum atomic E-state index is -4.33. The molecule has 32 heavy (non-hydrogen) atoms. The quantitative estimate of drug-likeness (QED) is 0.673. The summed E-state index contributed by atoms with van der Waals surface area (Å²) in [6.45, 7) is 4.37. The summed E-state index contributed by atoms with van der Waals surface area (Å²) in [6.07, 6.45) is 5.21. The number of aromatic nitrogens is 2. The summed E-state index contributed by atoms with van der Waals surface area (Å²) >= 11 is -0.178. The van der Waals surface area contributed by atoms with Crippen LogP contribution in [0, 0.1) is 0 Å². The Morgan fingerprint density at radius 3 is 2.06 bits per heavy atom. The highest BCUT2D eigenvalue weighted by Crippen LogP contribution is 2.37. The summed E-state index contributed by atoms with van der Waals surface area (Å²) in [4.78, 5) is 27.6. The normalized spacial score (nSPS) is 17.4. The van der Waals surface area contributed by atoms with Crippen molar-refractivity contribution >= 4 is 35.1 Å². The molecule has 2 aliphatic heterocycles. The SMILES string of the molecule is O=C(Nc1ccc(SC(F)(F)F)cc1)N1CCN(c2cc(N3CCCCC3)ncn2)CC1. The van der Waals surface area contributed by atoms with Crippen LogP contribution in [-0.2, 0) is 0 Å². The van der Waals surface area contributed by atoms with E-state index in [0.29, 0.717) is 31.9 Å². The molecule has 172 valence electrons. The fraction of sp³-hybridized carbons (Fsp3) is 0.476. The average molecular weight is 467 g/mol. The molecule has 0 bridgehead atoms. The van der Waals surface area contributed by atoms with Crippen molar-refractivity contribution in [1.82, 2.24) is 14.9 Å². The van der Waals surface area contributed by atoms with Crippen LogP contribution < -0.4 is 15.1 Å². The molecule has 0 radical (unpaired) electrons. The van der Waals surface area contributed by atoms with Crippen molar-refractivity contribution in [3.8, 4) is 0 Å². The van der Waals surface area contributed by atoms with Gasteiger partial charge in [-0.2, -0.15) is 13.2 Å². The zero-order valence-electron chi connectivity index (χ0n) is 17.5. The number of nitrogens with one attached hydrogen (secondary N) is 1. The Morgan fingerprint density at radius 1 is 0.875 bits per heavy atom. The number of alkyl halides is 3. The van der Waals surface area contributed by atoms with Crippen molar-refractivity contribution in [3.63, 3.8) is 0 Å². The Morgan fingerprint density at radius 2 is 1.47 bits per heavy atom. The topological polar surface area (TPSA) is 64.6 Å². The minimum Gasteiger partial charge on any atom is -0.356 e. The summed E-state index contributed by atoms with van der Waals surface area (Å²) in [5.41, 5.74) is -3.87. The predicted molar refractivity (Wildman–Crippen MR) is 119 cm³/mol. The third-order valence-corrected chi connectivity index (χ3v) is 6.29. The number of amides is 2. The summed E-state index contributed by atoms with van der Waals surface area (Å²) < 4.78 is 37.3. The molecule has 7 nitrogen and oxygen atoms in total. The molecule has 2 aromatic rings. The largest absolute Gasteiger partial charge is 0.446 e. The molecule has 1 aromatic carbocycles. The Balaban J connectivity index is 1.29. The van der Waals surface area contributed by atoms with E-state index in [1.165, 1.54) is 43.5 Å². The van der Waals surface area contributed by atoms with Gasteiger partial charge in [-0.3, -0.25) is 0 Å². The van der Waals surface area contributed by atoms with Crippen LogP contribution in [0.5, 0.6) is 0 Å². The van der Waals surface area contributed by atoms with Crippen molar-refractivity contribution in [2.45, 2.75) is 29.7 Å². The molecule has 0 spiro atoms. The Kier molecular flexibility index (Phi) is 6.92. The second kappa shape index (κ2) is 9.85. The molecule has 4 rings (SSSR count). The summed E-state index contributed by atoms with van der Waals surface area (Å²) in [7, 11) is 0. The van der Waals surface area contributed by atoms with Crippen molar-refractivity contribution < 1.29 is 18.0 Å². The molecule has 0 unspecified atom stereocenters. The summed E-state index contributed by atoms with van der Waals surface area (Å²) in [6, 6.07) is 7.40. The van der Waals surface area contributed by atoms with Crippen LogP contribution in [-0.4, -0.2) is 65.7 Å². The van der Waals surface area contributed by atoms with Gasteiger partial charge in [-0.15, -0.1) is 0 Å². The van der Waals surface area contributed by atoms with Crippen LogP contribution in [0.3, 0.4) is 0 Å². The molecule has 2 aliphatic rings.